The van der Waals surface area contributed by atoms with E-state index in [0.29, 0.717) is 25.1 Å². The van der Waals surface area contributed by atoms with Gasteiger partial charge in [0.2, 0.25) is 5.91 Å². The molecule has 2 aromatic carbocycles. The summed E-state index contributed by atoms with van der Waals surface area (Å²) in [7, 11) is 0. The van der Waals surface area contributed by atoms with Crippen LogP contribution >= 0.6 is 0 Å². The molecular formula is C28H25N3O2. The van der Waals surface area contributed by atoms with Gasteiger partial charge in [0.1, 0.15) is 11.2 Å². The molecule has 1 aliphatic heterocycles. The standard InChI is InChI=1S/C28H25N3O2/c29-19-28(23-9-10-23)12-14-31(27(28)33)25-11-13-30-24(17-25)18-26(32)16-20-5-4-8-22(15-20)21-6-2-1-3-7-21/h1-8,11,13,15,17,23H,9-10,12,14,16,18H2/t28-/m1/s1. The van der Waals surface area contributed by atoms with E-state index in [1.807, 2.05) is 42.5 Å². The molecule has 1 saturated carbocycles. The summed E-state index contributed by atoms with van der Waals surface area (Å²) in [6, 6.07) is 24.1. The number of aromatic nitrogens is 1. The number of ketones is 1. The zero-order valence-corrected chi connectivity index (χ0v) is 18.4. The van der Waals surface area contributed by atoms with Gasteiger partial charge in [-0.3, -0.25) is 14.6 Å². The van der Waals surface area contributed by atoms with E-state index >= 15 is 0 Å². The van der Waals surface area contributed by atoms with Gasteiger partial charge in [-0.1, -0.05) is 54.6 Å². The summed E-state index contributed by atoms with van der Waals surface area (Å²) >= 11 is 0. The molecule has 164 valence electrons. The average Bonchev–Trinajstić information content (AvgIpc) is 3.63. The van der Waals surface area contributed by atoms with Crippen molar-refractivity contribution in [2.45, 2.75) is 32.1 Å². The molecule has 5 rings (SSSR count). The van der Waals surface area contributed by atoms with Gasteiger partial charge in [0.05, 0.1) is 6.07 Å². The van der Waals surface area contributed by atoms with Crippen molar-refractivity contribution in [3.05, 3.63) is 84.2 Å². The number of carbonyl (C=O) groups is 2. The Labute approximate surface area is 193 Å². The first kappa shape index (κ1) is 21.1. The summed E-state index contributed by atoms with van der Waals surface area (Å²) in [4.78, 5) is 31.9. The predicted octanol–water partition coefficient (Wildman–Crippen LogP) is 4.76. The van der Waals surface area contributed by atoms with Gasteiger partial charge in [-0.2, -0.15) is 5.26 Å². The summed E-state index contributed by atoms with van der Waals surface area (Å²) in [5, 5.41) is 9.71. The molecule has 1 saturated heterocycles. The van der Waals surface area contributed by atoms with Crippen LogP contribution in [0.5, 0.6) is 0 Å². The number of nitriles is 1. The van der Waals surface area contributed by atoms with Crippen molar-refractivity contribution in [2.75, 3.05) is 11.4 Å². The van der Waals surface area contributed by atoms with Gasteiger partial charge in [-0.15, -0.1) is 0 Å². The average molecular weight is 436 g/mol. The molecule has 2 fully saturated rings. The van der Waals surface area contributed by atoms with E-state index in [4.69, 9.17) is 0 Å². The number of hydrogen-bond acceptors (Lipinski definition) is 4. The van der Waals surface area contributed by atoms with Gasteiger partial charge in [0.25, 0.3) is 0 Å². The maximum absolute atomic E-state index is 13.1. The van der Waals surface area contributed by atoms with Crippen LogP contribution in [0.15, 0.2) is 72.9 Å². The lowest BCUT2D eigenvalue weighted by Gasteiger charge is -2.21. The number of amides is 1. The zero-order valence-electron chi connectivity index (χ0n) is 18.4. The Morgan fingerprint density at radius 2 is 1.82 bits per heavy atom. The molecule has 3 aromatic rings. The van der Waals surface area contributed by atoms with Crippen LogP contribution in [0, 0.1) is 22.7 Å². The number of nitrogens with zero attached hydrogens (tertiary/aromatic N) is 3. The van der Waals surface area contributed by atoms with E-state index in [1.165, 1.54) is 0 Å². The molecule has 0 bridgehead atoms. The number of rotatable bonds is 7. The predicted molar refractivity (Wildman–Crippen MR) is 126 cm³/mol. The summed E-state index contributed by atoms with van der Waals surface area (Å²) in [6.07, 6.45) is 4.65. The first-order valence-electron chi connectivity index (χ1n) is 11.4. The van der Waals surface area contributed by atoms with Crippen molar-refractivity contribution in [1.82, 2.24) is 4.98 Å². The van der Waals surface area contributed by atoms with Gasteiger partial charge in [0, 0.05) is 37.0 Å². The lowest BCUT2D eigenvalue weighted by molar-refractivity contribution is -0.123. The number of carbonyl (C=O) groups excluding carboxylic acids is 2. The van der Waals surface area contributed by atoms with Crippen LogP contribution in [0.2, 0.25) is 0 Å². The lowest BCUT2D eigenvalue weighted by atomic mass is 9.83. The second-order valence-corrected chi connectivity index (χ2v) is 9.03. The topological polar surface area (TPSA) is 74.1 Å². The Hall–Kier alpha value is -3.78. The number of anilines is 1. The molecule has 0 spiro atoms. The largest absolute Gasteiger partial charge is 0.311 e. The molecule has 2 heterocycles. The number of pyridine rings is 1. The fourth-order valence-corrected chi connectivity index (χ4v) is 4.85. The third kappa shape index (κ3) is 4.17. The van der Waals surface area contributed by atoms with Crippen LogP contribution in [0.4, 0.5) is 5.69 Å². The van der Waals surface area contributed by atoms with E-state index in [9.17, 15) is 14.9 Å². The van der Waals surface area contributed by atoms with Crippen molar-refractivity contribution in [2.24, 2.45) is 11.3 Å². The fourth-order valence-electron chi connectivity index (χ4n) is 4.85. The molecule has 5 nitrogen and oxygen atoms in total. The van der Waals surface area contributed by atoms with Crippen LogP contribution in [0.3, 0.4) is 0 Å². The highest BCUT2D eigenvalue weighted by Gasteiger charge is 2.56. The zero-order chi connectivity index (χ0) is 22.8. The van der Waals surface area contributed by atoms with Gasteiger partial charge in [-0.05, 0) is 54.0 Å². The Kier molecular flexibility index (Phi) is 5.51. The molecule has 1 atom stereocenters. The minimum atomic E-state index is -0.872. The smallest absolute Gasteiger partial charge is 0.247 e. The van der Waals surface area contributed by atoms with Crippen LogP contribution in [-0.4, -0.2) is 23.2 Å². The Bertz CT molecular complexity index is 1240. The number of hydrogen-bond donors (Lipinski definition) is 0. The van der Waals surface area contributed by atoms with E-state index in [1.54, 1.807) is 17.2 Å². The minimum absolute atomic E-state index is 0.0713. The van der Waals surface area contributed by atoms with Gasteiger partial charge in [0.15, 0.2) is 0 Å². The molecule has 0 N–H and O–H groups in total. The van der Waals surface area contributed by atoms with E-state index in [2.05, 4.69) is 29.3 Å². The number of Topliss-reactive ketones (excluding diaryl/α,β-unsaturated/α-hetero) is 1. The Balaban J connectivity index is 1.27. The molecule has 33 heavy (non-hydrogen) atoms. The SMILES string of the molecule is N#C[C@@]1(C2CC2)CCN(c2ccnc(CC(=O)Cc3cccc(-c4ccccc4)c3)c2)C1=O. The minimum Gasteiger partial charge on any atom is -0.311 e. The fraction of sp³-hybridized carbons (Fsp3) is 0.286. The molecule has 0 unspecified atom stereocenters. The third-order valence-corrected chi connectivity index (χ3v) is 6.76. The van der Waals surface area contributed by atoms with Crippen molar-refractivity contribution in [1.29, 1.82) is 5.26 Å². The normalized spacial score (nSPS) is 20.0. The van der Waals surface area contributed by atoms with Crippen LogP contribution in [0.1, 0.15) is 30.5 Å². The Morgan fingerprint density at radius 1 is 1.03 bits per heavy atom. The molecule has 1 aromatic heterocycles. The van der Waals surface area contributed by atoms with Gasteiger partial charge >= 0.3 is 0 Å². The van der Waals surface area contributed by atoms with E-state index in [-0.39, 0.29) is 24.0 Å². The highest BCUT2D eigenvalue weighted by atomic mass is 16.2. The van der Waals surface area contributed by atoms with E-state index in [0.717, 1.165) is 35.2 Å². The maximum Gasteiger partial charge on any atom is 0.247 e. The molecule has 1 amide bonds. The molecule has 2 aliphatic rings. The van der Waals surface area contributed by atoms with Crippen LogP contribution in [0.25, 0.3) is 11.1 Å². The van der Waals surface area contributed by atoms with Crippen LogP contribution in [-0.2, 0) is 22.4 Å². The second-order valence-electron chi connectivity index (χ2n) is 9.03. The van der Waals surface area contributed by atoms with E-state index < -0.39 is 5.41 Å². The van der Waals surface area contributed by atoms with Crippen molar-refractivity contribution in [3.63, 3.8) is 0 Å². The molecule has 5 heteroatoms. The van der Waals surface area contributed by atoms with Crippen molar-refractivity contribution < 1.29 is 9.59 Å². The highest BCUT2D eigenvalue weighted by Crippen LogP contribution is 2.51. The molecule has 0 radical (unpaired) electrons. The number of benzene rings is 2. The quantitative estimate of drug-likeness (QED) is 0.536. The first-order valence-corrected chi connectivity index (χ1v) is 11.4. The third-order valence-electron chi connectivity index (χ3n) is 6.76. The summed E-state index contributed by atoms with van der Waals surface area (Å²) in [5.74, 6) is 0.158. The monoisotopic (exact) mass is 435 g/mol. The maximum atomic E-state index is 13.1. The van der Waals surface area contributed by atoms with Crippen molar-refractivity contribution in [3.8, 4) is 17.2 Å². The van der Waals surface area contributed by atoms with Gasteiger partial charge < -0.3 is 4.90 Å². The Morgan fingerprint density at radius 3 is 2.58 bits per heavy atom. The summed E-state index contributed by atoms with van der Waals surface area (Å²) in [5.41, 5.74) is 3.67. The van der Waals surface area contributed by atoms with Crippen LogP contribution < -0.4 is 4.90 Å². The summed E-state index contributed by atoms with van der Waals surface area (Å²) in [6.45, 7) is 0.534. The lowest BCUT2D eigenvalue weighted by Crippen LogP contribution is -2.35. The highest BCUT2D eigenvalue weighted by molar-refractivity contribution is 6.02. The second kappa shape index (κ2) is 8.63. The van der Waals surface area contributed by atoms with Crippen molar-refractivity contribution >= 4 is 17.4 Å². The first-order chi connectivity index (χ1) is 16.1. The molecule has 1 aliphatic carbocycles. The van der Waals surface area contributed by atoms with Gasteiger partial charge in [-0.25, -0.2) is 0 Å². The molecular weight excluding hydrogens is 410 g/mol. The summed E-state index contributed by atoms with van der Waals surface area (Å²) < 4.78 is 0.